The molecule has 0 N–H and O–H groups in total. The first-order valence-electron chi connectivity index (χ1n) is 12.4. The van der Waals surface area contributed by atoms with Crippen molar-refractivity contribution in [2.24, 2.45) is 0 Å². The SMILES string of the molecule is CCCCCCCCC1(OCc2ccccc2)OC(=O)c2c(OCc3ccccc3)cccc21. The Hall–Kier alpha value is -3.11. The first-order chi connectivity index (χ1) is 16.7. The second-order valence-electron chi connectivity index (χ2n) is 8.89. The molecule has 4 heteroatoms. The summed E-state index contributed by atoms with van der Waals surface area (Å²) in [6.45, 7) is 2.98. The minimum Gasteiger partial charge on any atom is -0.488 e. The van der Waals surface area contributed by atoms with Crippen LogP contribution in [0.15, 0.2) is 78.9 Å². The first-order valence-corrected chi connectivity index (χ1v) is 12.4. The molecule has 1 aliphatic rings. The average Bonchev–Trinajstić information content (AvgIpc) is 3.17. The number of ether oxygens (including phenoxy) is 3. The number of unbranched alkanes of at least 4 members (excludes halogenated alkanes) is 5. The zero-order valence-electron chi connectivity index (χ0n) is 20.0. The summed E-state index contributed by atoms with van der Waals surface area (Å²) < 4.78 is 18.5. The Labute approximate surface area is 202 Å². The molecular formula is C30H34O4. The van der Waals surface area contributed by atoms with Gasteiger partial charge in [0.25, 0.3) is 0 Å². The highest BCUT2D eigenvalue weighted by Gasteiger charge is 2.48. The molecule has 0 saturated carbocycles. The zero-order valence-corrected chi connectivity index (χ0v) is 20.0. The molecule has 0 amide bonds. The van der Waals surface area contributed by atoms with Crippen LogP contribution in [0, 0.1) is 0 Å². The van der Waals surface area contributed by atoms with E-state index >= 15 is 0 Å². The average molecular weight is 459 g/mol. The van der Waals surface area contributed by atoms with Gasteiger partial charge in [-0.3, -0.25) is 0 Å². The van der Waals surface area contributed by atoms with Crippen LogP contribution in [0.1, 0.15) is 78.9 Å². The summed E-state index contributed by atoms with van der Waals surface area (Å²) in [5.41, 5.74) is 3.35. The highest BCUT2D eigenvalue weighted by atomic mass is 16.7. The molecule has 3 aromatic rings. The number of esters is 1. The summed E-state index contributed by atoms with van der Waals surface area (Å²) >= 11 is 0. The van der Waals surface area contributed by atoms with Crippen LogP contribution in [0.2, 0.25) is 0 Å². The van der Waals surface area contributed by atoms with Crippen LogP contribution < -0.4 is 4.74 Å². The molecule has 1 aliphatic heterocycles. The molecule has 0 aliphatic carbocycles. The predicted octanol–water partition coefficient (Wildman–Crippen LogP) is 7.56. The Morgan fingerprint density at radius 2 is 1.38 bits per heavy atom. The Balaban J connectivity index is 1.54. The molecule has 178 valence electrons. The Morgan fingerprint density at radius 1 is 0.735 bits per heavy atom. The summed E-state index contributed by atoms with van der Waals surface area (Å²) in [4.78, 5) is 13.1. The zero-order chi connectivity index (χ0) is 23.6. The van der Waals surface area contributed by atoms with Crippen LogP contribution in [0.25, 0.3) is 0 Å². The lowest BCUT2D eigenvalue weighted by molar-refractivity contribution is -0.216. The molecule has 4 rings (SSSR count). The second kappa shape index (κ2) is 11.8. The maximum absolute atomic E-state index is 13.1. The van der Waals surface area contributed by atoms with Gasteiger partial charge in [0.1, 0.15) is 17.9 Å². The minimum atomic E-state index is -1.08. The summed E-state index contributed by atoms with van der Waals surface area (Å²) in [7, 11) is 0. The van der Waals surface area contributed by atoms with Gasteiger partial charge in [-0.2, -0.15) is 0 Å². The molecule has 34 heavy (non-hydrogen) atoms. The van der Waals surface area contributed by atoms with E-state index in [-0.39, 0.29) is 5.97 Å². The largest absolute Gasteiger partial charge is 0.488 e. The molecule has 3 aromatic carbocycles. The molecule has 0 radical (unpaired) electrons. The van der Waals surface area contributed by atoms with Crippen molar-refractivity contribution in [2.45, 2.75) is 70.9 Å². The van der Waals surface area contributed by atoms with Crippen molar-refractivity contribution in [3.05, 3.63) is 101 Å². The third-order valence-electron chi connectivity index (χ3n) is 6.31. The number of cyclic esters (lactones) is 1. The second-order valence-corrected chi connectivity index (χ2v) is 8.89. The van der Waals surface area contributed by atoms with E-state index in [1.807, 2.05) is 78.9 Å². The van der Waals surface area contributed by atoms with Crippen molar-refractivity contribution in [3.8, 4) is 5.75 Å². The van der Waals surface area contributed by atoms with Crippen molar-refractivity contribution in [2.75, 3.05) is 0 Å². The number of carbonyl (C=O) groups is 1. The number of rotatable bonds is 13. The standard InChI is InChI=1S/C30H34O4/c1-2-3-4-5-6-13-21-30(33-23-25-17-11-8-12-18-25)26-19-14-20-27(28(26)29(31)34-30)32-22-24-15-9-7-10-16-24/h7-12,14-20H,2-6,13,21-23H2,1H3. The molecule has 0 aromatic heterocycles. The Kier molecular flexibility index (Phi) is 8.37. The Bertz CT molecular complexity index is 1050. The smallest absolute Gasteiger partial charge is 0.345 e. The van der Waals surface area contributed by atoms with E-state index in [1.165, 1.54) is 25.7 Å². The van der Waals surface area contributed by atoms with Crippen LogP contribution in [0.5, 0.6) is 5.75 Å². The molecule has 0 saturated heterocycles. The lowest BCUT2D eigenvalue weighted by atomic mass is 9.95. The van der Waals surface area contributed by atoms with Gasteiger partial charge < -0.3 is 14.2 Å². The number of hydrogen-bond acceptors (Lipinski definition) is 4. The third kappa shape index (κ3) is 5.87. The number of carbonyl (C=O) groups excluding carboxylic acids is 1. The summed E-state index contributed by atoms with van der Waals surface area (Å²) in [5, 5.41) is 0. The lowest BCUT2D eigenvalue weighted by Crippen LogP contribution is -2.30. The van der Waals surface area contributed by atoms with Crippen molar-refractivity contribution in [1.82, 2.24) is 0 Å². The fourth-order valence-electron chi connectivity index (χ4n) is 4.45. The van der Waals surface area contributed by atoms with Crippen LogP contribution in [-0.2, 0) is 28.5 Å². The fourth-order valence-corrected chi connectivity index (χ4v) is 4.45. The van der Waals surface area contributed by atoms with Crippen molar-refractivity contribution < 1.29 is 19.0 Å². The normalized spacial score (nSPS) is 16.8. The van der Waals surface area contributed by atoms with Gasteiger partial charge in [-0.15, -0.1) is 0 Å². The summed E-state index contributed by atoms with van der Waals surface area (Å²) in [5.74, 6) is -0.920. The van der Waals surface area contributed by atoms with E-state index in [2.05, 4.69) is 6.92 Å². The van der Waals surface area contributed by atoms with Gasteiger partial charge in [0, 0.05) is 12.0 Å². The molecule has 1 unspecified atom stereocenters. The quantitative estimate of drug-likeness (QED) is 0.196. The molecule has 0 fully saturated rings. The number of benzene rings is 3. The molecule has 0 spiro atoms. The number of hydrogen-bond donors (Lipinski definition) is 0. The van der Waals surface area contributed by atoms with Crippen molar-refractivity contribution in [1.29, 1.82) is 0 Å². The minimum absolute atomic E-state index is 0.374. The number of fused-ring (bicyclic) bond motifs is 1. The van der Waals surface area contributed by atoms with E-state index in [4.69, 9.17) is 14.2 Å². The molecule has 0 bridgehead atoms. The van der Waals surface area contributed by atoms with E-state index in [0.29, 0.717) is 30.9 Å². The highest BCUT2D eigenvalue weighted by Crippen LogP contribution is 2.45. The van der Waals surface area contributed by atoms with Gasteiger partial charge in [-0.05, 0) is 23.6 Å². The fraction of sp³-hybridized carbons (Fsp3) is 0.367. The van der Waals surface area contributed by atoms with Gasteiger partial charge >= 0.3 is 5.97 Å². The van der Waals surface area contributed by atoms with Crippen molar-refractivity contribution in [3.63, 3.8) is 0 Å². The van der Waals surface area contributed by atoms with Gasteiger partial charge in [0.15, 0.2) is 0 Å². The molecular weight excluding hydrogens is 424 g/mol. The lowest BCUT2D eigenvalue weighted by Gasteiger charge is -2.29. The maximum Gasteiger partial charge on any atom is 0.345 e. The van der Waals surface area contributed by atoms with Crippen LogP contribution >= 0.6 is 0 Å². The van der Waals surface area contributed by atoms with Crippen LogP contribution in [0.3, 0.4) is 0 Å². The van der Waals surface area contributed by atoms with E-state index in [9.17, 15) is 4.79 Å². The monoisotopic (exact) mass is 458 g/mol. The van der Waals surface area contributed by atoms with Crippen LogP contribution in [0.4, 0.5) is 0 Å². The predicted molar refractivity (Wildman–Crippen MR) is 134 cm³/mol. The third-order valence-corrected chi connectivity index (χ3v) is 6.31. The highest BCUT2D eigenvalue weighted by molar-refractivity contribution is 5.97. The topological polar surface area (TPSA) is 44.8 Å². The van der Waals surface area contributed by atoms with E-state index in [0.717, 1.165) is 29.5 Å². The Morgan fingerprint density at radius 3 is 2.09 bits per heavy atom. The van der Waals surface area contributed by atoms with Gasteiger partial charge in [-0.25, -0.2) is 4.79 Å². The summed E-state index contributed by atoms with van der Waals surface area (Å²) in [6.07, 6.45) is 7.56. The first kappa shape index (κ1) is 24.0. The maximum atomic E-state index is 13.1. The van der Waals surface area contributed by atoms with Gasteiger partial charge in [0.2, 0.25) is 5.79 Å². The molecule has 1 heterocycles. The summed E-state index contributed by atoms with van der Waals surface area (Å²) in [6, 6.07) is 25.6. The van der Waals surface area contributed by atoms with Gasteiger partial charge in [0.05, 0.1) is 6.61 Å². The molecule has 4 nitrogen and oxygen atoms in total. The van der Waals surface area contributed by atoms with Crippen LogP contribution in [-0.4, -0.2) is 5.97 Å². The van der Waals surface area contributed by atoms with E-state index in [1.54, 1.807) is 0 Å². The van der Waals surface area contributed by atoms with Crippen molar-refractivity contribution >= 4 is 5.97 Å². The van der Waals surface area contributed by atoms with E-state index < -0.39 is 5.79 Å². The molecule has 1 atom stereocenters. The van der Waals surface area contributed by atoms with Gasteiger partial charge in [-0.1, -0.05) is 112 Å².